The molecule has 4 aliphatic rings. The molecule has 56 heavy (non-hydrogen) atoms. The molecule has 1 saturated carbocycles. The zero-order chi connectivity index (χ0) is 39.7. The summed E-state index contributed by atoms with van der Waals surface area (Å²) in [6, 6.07) is 21.1. The third-order valence-electron chi connectivity index (χ3n) is 11.5. The number of aromatic nitrogens is 1. The highest BCUT2D eigenvalue weighted by atomic mass is 35.5. The van der Waals surface area contributed by atoms with Gasteiger partial charge in [0.15, 0.2) is 5.82 Å². The van der Waals surface area contributed by atoms with Gasteiger partial charge in [-0.15, -0.1) is 0 Å². The van der Waals surface area contributed by atoms with Crippen LogP contribution in [0.3, 0.4) is 0 Å². The lowest BCUT2D eigenvalue weighted by molar-refractivity contribution is -0.141. The molecular weight excluding hydrogens is 772 g/mol. The number of nitrogens with one attached hydrogen (secondary N) is 1. The molecule has 288 valence electrons. The van der Waals surface area contributed by atoms with Crippen LogP contribution >= 0.6 is 23.2 Å². The van der Waals surface area contributed by atoms with E-state index in [-0.39, 0.29) is 54.9 Å². The topological polar surface area (TPSA) is 129 Å². The predicted molar refractivity (Wildman–Crippen MR) is 198 cm³/mol. The predicted octanol–water partition coefficient (Wildman–Crippen LogP) is 7.70. The maximum Gasteiger partial charge on any atom is 0.417 e. The van der Waals surface area contributed by atoms with Crippen molar-refractivity contribution < 1.29 is 42.2 Å². The first-order valence-corrected chi connectivity index (χ1v) is 18.7. The summed E-state index contributed by atoms with van der Waals surface area (Å²) in [6.07, 6.45) is -2.24. The molecule has 0 unspecified atom stereocenters. The average Bonchev–Trinajstić information content (AvgIpc) is 3.55. The monoisotopic (exact) mass is 804 g/mol. The second-order valence-corrected chi connectivity index (χ2v) is 15.2. The summed E-state index contributed by atoms with van der Waals surface area (Å²) in [5, 5.41) is 12.5. The molecule has 1 aromatic heterocycles. The van der Waals surface area contributed by atoms with Crippen LogP contribution in [0.1, 0.15) is 47.9 Å². The second kappa shape index (κ2) is 14.0. The van der Waals surface area contributed by atoms with Gasteiger partial charge in [-0.05, 0) is 61.1 Å². The number of ether oxygens (including phenoxy) is 1. The zero-order valence-corrected chi connectivity index (χ0v) is 31.1. The molecule has 6 atom stereocenters. The Kier molecular flexibility index (Phi) is 9.36. The number of likely N-dealkylation sites (tertiary alicyclic amines) is 1. The third kappa shape index (κ3) is 5.90. The number of fused-ring (bicyclic) bond motifs is 4. The van der Waals surface area contributed by atoms with Crippen LogP contribution in [0.25, 0.3) is 0 Å². The number of alkyl halides is 3. The number of phenolic OH excluding ortho intramolecular Hbond substituents is 1. The Labute approximate surface area is 328 Å². The number of benzene rings is 3. The Hall–Kier alpha value is -5.40. The lowest BCUT2D eigenvalue weighted by atomic mass is 9.49. The normalized spacial score (nSPS) is 25.8. The Balaban J connectivity index is 1.29. The van der Waals surface area contributed by atoms with E-state index in [9.17, 15) is 32.7 Å². The van der Waals surface area contributed by atoms with Gasteiger partial charge in [-0.1, -0.05) is 83.4 Å². The van der Waals surface area contributed by atoms with Gasteiger partial charge in [-0.25, -0.2) is 4.98 Å². The number of halogens is 5. The van der Waals surface area contributed by atoms with Gasteiger partial charge in [0.25, 0.3) is 11.8 Å². The molecule has 10 nitrogen and oxygen atoms in total. The molecule has 2 aliphatic carbocycles. The molecule has 4 amide bonds. The van der Waals surface area contributed by atoms with Crippen molar-refractivity contribution in [2.75, 3.05) is 12.0 Å². The van der Waals surface area contributed by atoms with E-state index in [0.717, 1.165) is 5.56 Å². The average molecular weight is 806 g/mol. The van der Waals surface area contributed by atoms with E-state index in [0.29, 0.717) is 39.2 Å². The summed E-state index contributed by atoms with van der Waals surface area (Å²) in [5.74, 6) is -7.07. The van der Waals surface area contributed by atoms with Crippen LogP contribution in [0.2, 0.25) is 10.0 Å². The highest BCUT2D eigenvalue weighted by Crippen LogP contribution is 2.65. The number of amides is 4. The van der Waals surface area contributed by atoms with Gasteiger partial charge in [0, 0.05) is 35.3 Å². The lowest BCUT2D eigenvalue weighted by Gasteiger charge is -2.50. The van der Waals surface area contributed by atoms with Gasteiger partial charge in [0.2, 0.25) is 11.8 Å². The van der Waals surface area contributed by atoms with Crippen LogP contribution in [0.15, 0.2) is 96.7 Å². The van der Waals surface area contributed by atoms with E-state index >= 15 is 4.79 Å². The second-order valence-electron chi connectivity index (χ2n) is 14.3. The first kappa shape index (κ1) is 37.5. The van der Waals surface area contributed by atoms with Crippen LogP contribution in [0.5, 0.6) is 11.5 Å². The number of hydrazine groups is 1. The highest BCUT2D eigenvalue weighted by Gasteiger charge is 2.70. The van der Waals surface area contributed by atoms with Crippen molar-refractivity contribution in [2.24, 2.45) is 23.7 Å². The van der Waals surface area contributed by atoms with Gasteiger partial charge in [-0.2, -0.15) is 18.2 Å². The molecule has 0 bridgehead atoms. The molecule has 2 N–H and O–H groups in total. The molecular formula is C41H33Cl2F3N4O6. The number of aromatic hydroxyl groups is 1. The Bertz CT molecular complexity index is 2310. The Morgan fingerprint density at radius 3 is 2.34 bits per heavy atom. The number of allylic oxidation sites excluding steroid dienone is 2. The Morgan fingerprint density at radius 1 is 0.946 bits per heavy atom. The van der Waals surface area contributed by atoms with E-state index in [1.807, 2.05) is 36.4 Å². The fraction of sp³-hybridized carbons (Fsp3) is 0.293. The summed E-state index contributed by atoms with van der Waals surface area (Å²) in [5.41, 5.74) is 1.77. The van der Waals surface area contributed by atoms with E-state index in [1.54, 1.807) is 43.3 Å². The van der Waals surface area contributed by atoms with Crippen molar-refractivity contribution >= 4 is 52.6 Å². The van der Waals surface area contributed by atoms with Crippen LogP contribution in [-0.2, 0) is 37.4 Å². The van der Waals surface area contributed by atoms with Crippen molar-refractivity contribution in [3.63, 3.8) is 0 Å². The number of nitrogens with zero attached hydrogens (tertiary/aromatic N) is 3. The summed E-state index contributed by atoms with van der Waals surface area (Å²) in [4.78, 5) is 62.6. The van der Waals surface area contributed by atoms with Crippen molar-refractivity contribution in [2.45, 2.75) is 43.9 Å². The minimum absolute atomic E-state index is 0.0430. The molecule has 2 saturated heterocycles. The molecule has 3 fully saturated rings. The number of pyridine rings is 1. The minimum Gasteiger partial charge on any atom is -0.508 e. The van der Waals surface area contributed by atoms with Gasteiger partial charge in [0.05, 0.1) is 33.8 Å². The van der Waals surface area contributed by atoms with Gasteiger partial charge in [-0.3, -0.25) is 29.5 Å². The smallest absolute Gasteiger partial charge is 0.417 e. The fourth-order valence-corrected chi connectivity index (χ4v) is 9.44. The number of phenols is 1. The summed E-state index contributed by atoms with van der Waals surface area (Å²) >= 11 is 12.6. The van der Waals surface area contributed by atoms with Crippen molar-refractivity contribution in [3.05, 3.63) is 129 Å². The summed E-state index contributed by atoms with van der Waals surface area (Å²) in [6.45, 7) is 2.07. The van der Waals surface area contributed by atoms with E-state index in [1.165, 1.54) is 11.0 Å². The van der Waals surface area contributed by atoms with Crippen molar-refractivity contribution in [1.29, 1.82) is 0 Å². The van der Waals surface area contributed by atoms with Crippen LogP contribution in [-0.4, -0.2) is 50.2 Å². The van der Waals surface area contributed by atoms with Crippen LogP contribution in [0.4, 0.5) is 19.0 Å². The van der Waals surface area contributed by atoms with Crippen LogP contribution in [0, 0.1) is 23.7 Å². The lowest BCUT2D eigenvalue weighted by Crippen LogP contribution is -2.53. The molecule has 4 aromatic rings. The fourth-order valence-electron chi connectivity index (χ4n) is 9.10. The number of hydrogen-bond acceptors (Lipinski definition) is 8. The molecule has 2 aliphatic heterocycles. The molecule has 3 heterocycles. The van der Waals surface area contributed by atoms with E-state index < -0.39 is 63.6 Å². The summed E-state index contributed by atoms with van der Waals surface area (Å²) in [7, 11) is 0. The quantitative estimate of drug-likeness (QED) is 0.137. The molecule has 8 rings (SSSR count). The highest BCUT2D eigenvalue weighted by molar-refractivity contribution is 6.33. The first-order valence-electron chi connectivity index (χ1n) is 17.9. The van der Waals surface area contributed by atoms with Crippen LogP contribution < -0.4 is 10.2 Å². The molecule has 15 heteroatoms. The van der Waals surface area contributed by atoms with Crippen molar-refractivity contribution in [1.82, 2.24) is 14.9 Å². The SMILES string of the molecule is CCN1C(=O)[C@H]2[C@H](CC=C3[C@H]2C[C@H]2C(=O)N(Nc4ncc(C(F)(F)F)cc4Cl)C(=O)[C@@]2(c2ccc(Cl)cc2)[C@H]3c2ccc(OCc3ccccc3)cc2O)C1=O. The maximum atomic E-state index is 15.3. The molecule has 0 spiro atoms. The Morgan fingerprint density at radius 2 is 1.68 bits per heavy atom. The number of anilines is 1. The molecule has 0 radical (unpaired) electrons. The standard InChI is InChI=1S/C41H33Cl2F3N4O6/c1-2-49-36(52)28-15-14-26-29(33(28)38(49)54)18-30-37(53)50(48-35-31(43)16-23(19-47-35)41(44,45)46)39(55)40(30,22-8-10-24(42)11-9-22)34(26)27-13-12-25(17-32(27)51)56-20-21-6-4-3-5-7-21/h3-14,16-17,19,28-30,33-34,51H,2,15,18,20H2,1H3,(H,47,48)/t28-,29+,30-,33-,34+,40+/m0/s1. The number of carbonyl (C=O) groups excluding carboxylic acids is 4. The molecule has 3 aromatic carbocycles. The zero-order valence-electron chi connectivity index (χ0n) is 29.6. The number of rotatable bonds is 8. The van der Waals surface area contributed by atoms with Gasteiger partial charge >= 0.3 is 6.18 Å². The number of hydrogen-bond donors (Lipinski definition) is 2. The largest absolute Gasteiger partial charge is 0.508 e. The van der Waals surface area contributed by atoms with E-state index in [4.69, 9.17) is 27.9 Å². The third-order valence-corrected chi connectivity index (χ3v) is 12.1. The maximum absolute atomic E-state index is 15.3. The van der Waals surface area contributed by atoms with Gasteiger partial charge in [0.1, 0.15) is 18.1 Å². The number of imide groups is 2. The van der Waals surface area contributed by atoms with Gasteiger partial charge < -0.3 is 9.84 Å². The van der Waals surface area contributed by atoms with Crippen molar-refractivity contribution in [3.8, 4) is 11.5 Å². The first-order chi connectivity index (χ1) is 26.7. The summed E-state index contributed by atoms with van der Waals surface area (Å²) < 4.78 is 46.5. The number of carbonyl (C=O) groups is 4. The minimum atomic E-state index is -4.76. The van der Waals surface area contributed by atoms with E-state index in [2.05, 4.69) is 10.4 Å².